The molecule has 0 aliphatic carbocycles. The van der Waals surface area contributed by atoms with Crippen molar-refractivity contribution in [3.8, 4) is 0 Å². The van der Waals surface area contributed by atoms with Gasteiger partial charge >= 0.3 is 0 Å². The lowest BCUT2D eigenvalue weighted by molar-refractivity contribution is 0.197. The summed E-state index contributed by atoms with van der Waals surface area (Å²) < 4.78 is 27.4. The van der Waals surface area contributed by atoms with Crippen molar-refractivity contribution < 1.29 is 13.2 Å². The molecule has 1 aromatic rings. The fourth-order valence-electron chi connectivity index (χ4n) is 1.91. The Morgan fingerprint density at radius 1 is 1.26 bits per heavy atom. The highest BCUT2D eigenvalue weighted by Crippen LogP contribution is 2.08. The Morgan fingerprint density at radius 3 is 2.52 bits per heavy atom. The van der Waals surface area contributed by atoms with E-state index in [-0.39, 0.29) is 4.90 Å². The Morgan fingerprint density at radius 2 is 1.96 bits per heavy atom. The molecule has 1 rings (SSSR count). The van der Waals surface area contributed by atoms with Gasteiger partial charge in [0.15, 0.2) is 5.96 Å². The first-order chi connectivity index (χ1) is 11.0. The fraction of sp³-hybridized carbons (Fsp3) is 0.533. The number of nitrogens with zero attached hydrogens (tertiary/aromatic N) is 1. The van der Waals surface area contributed by atoms with Crippen molar-refractivity contribution in [2.75, 3.05) is 33.4 Å². The van der Waals surface area contributed by atoms with Crippen molar-refractivity contribution in [2.45, 2.75) is 24.7 Å². The van der Waals surface area contributed by atoms with Crippen LogP contribution in [0.25, 0.3) is 0 Å². The molecule has 0 atom stereocenters. The zero-order chi connectivity index (χ0) is 17.1. The smallest absolute Gasteiger partial charge is 0.238 e. The van der Waals surface area contributed by atoms with Crippen LogP contribution in [0.2, 0.25) is 0 Å². The lowest BCUT2D eigenvalue weighted by atomic mass is 10.1. The lowest BCUT2D eigenvalue weighted by Gasteiger charge is -2.11. The molecular weight excluding hydrogens is 316 g/mol. The van der Waals surface area contributed by atoms with Gasteiger partial charge in [0.25, 0.3) is 0 Å². The molecule has 0 spiro atoms. The average Bonchev–Trinajstić information content (AvgIpc) is 2.51. The van der Waals surface area contributed by atoms with E-state index in [1.54, 1.807) is 19.2 Å². The van der Waals surface area contributed by atoms with E-state index in [1.807, 2.05) is 6.92 Å². The van der Waals surface area contributed by atoms with Gasteiger partial charge in [-0.15, -0.1) is 0 Å². The molecule has 0 fully saturated rings. The molecule has 0 aliphatic rings. The van der Waals surface area contributed by atoms with Crippen molar-refractivity contribution in [1.29, 1.82) is 0 Å². The third-order valence-corrected chi connectivity index (χ3v) is 4.01. The molecular formula is C15H26N4O3S. The summed E-state index contributed by atoms with van der Waals surface area (Å²) in [6, 6.07) is 6.58. The van der Waals surface area contributed by atoms with Crippen molar-refractivity contribution in [1.82, 2.24) is 10.6 Å². The van der Waals surface area contributed by atoms with Gasteiger partial charge in [-0.25, -0.2) is 13.6 Å². The molecule has 1 aromatic carbocycles. The van der Waals surface area contributed by atoms with E-state index in [9.17, 15) is 8.42 Å². The molecule has 0 amide bonds. The van der Waals surface area contributed by atoms with Gasteiger partial charge in [-0.05, 0) is 37.5 Å². The third kappa shape index (κ3) is 7.96. The summed E-state index contributed by atoms with van der Waals surface area (Å²) in [5.41, 5.74) is 1.03. The minimum atomic E-state index is -3.63. The van der Waals surface area contributed by atoms with Crippen LogP contribution in [0.3, 0.4) is 0 Å². The minimum Gasteiger partial charge on any atom is -0.385 e. The van der Waals surface area contributed by atoms with Crippen LogP contribution >= 0.6 is 0 Å². The molecule has 0 saturated carbocycles. The average molecular weight is 342 g/mol. The largest absolute Gasteiger partial charge is 0.385 e. The summed E-state index contributed by atoms with van der Waals surface area (Å²) in [6.07, 6.45) is 1.63. The highest BCUT2D eigenvalue weighted by molar-refractivity contribution is 7.89. The molecule has 4 N–H and O–H groups in total. The summed E-state index contributed by atoms with van der Waals surface area (Å²) in [7, 11) is -1.96. The van der Waals surface area contributed by atoms with Crippen molar-refractivity contribution in [2.24, 2.45) is 10.1 Å². The van der Waals surface area contributed by atoms with Crippen molar-refractivity contribution in [3.05, 3.63) is 29.8 Å². The number of rotatable bonds is 9. The summed E-state index contributed by atoms with van der Waals surface area (Å²) in [5.74, 6) is 0.768. The molecule has 8 heteroatoms. The van der Waals surface area contributed by atoms with Gasteiger partial charge in [0, 0.05) is 33.4 Å². The van der Waals surface area contributed by atoms with Crippen LogP contribution in [0.15, 0.2) is 34.2 Å². The first kappa shape index (κ1) is 19.4. The Hall–Kier alpha value is -1.64. The Kier molecular flexibility index (Phi) is 8.60. The van der Waals surface area contributed by atoms with E-state index in [0.717, 1.165) is 30.9 Å². The Bertz CT molecular complexity index is 585. The third-order valence-electron chi connectivity index (χ3n) is 3.08. The number of guanidine groups is 1. The maximum atomic E-state index is 11.2. The van der Waals surface area contributed by atoms with Gasteiger partial charge in [0.2, 0.25) is 10.0 Å². The van der Waals surface area contributed by atoms with Crippen LogP contribution < -0.4 is 15.8 Å². The van der Waals surface area contributed by atoms with Crippen LogP contribution in [0.4, 0.5) is 0 Å². The molecule has 0 unspecified atom stereocenters. The molecule has 0 aromatic heterocycles. The predicted octanol–water partition coefficient (Wildman–Crippen LogP) is 0.468. The molecule has 23 heavy (non-hydrogen) atoms. The quantitative estimate of drug-likeness (QED) is 0.344. The topological polar surface area (TPSA) is 106 Å². The van der Waals surface area contributed by atoms with Gasteiger partial charge in [0.05, 0.1) is 4.90 Å². The lowest BCUT2D eigenvalue weighted by Crippen LogP contribution is -2.38. The van der Waals surface area contributed by atoms with Gasteiger partial charge in [-0.2, -0.15) is 0 Å². The van der Waals surface area contributed by atoms with E-state index in [4.69, 9.17) is 9.88 Å². The molecule has 0 aliphatic heterocycles. The van der Waals surface area contributed by atoms with Crippen LogP contribution in [0, 0.1) is 0 Å². The van der Waals surface area contributed by atoms with E-state index in [2.05, 4.69) is 15.6 Å². The number of ether oxygens (including phenoxy) is 1. The van der Waals surface area contributed by atoms with Crippen LogP contribution in [0.1, 0.15) is 18.9 Å². The maximum absolute atomic E-state index is 11.2. The van der Waals surface area contributed by atoms with Gasteiger partial charge in [-0.1, -0.05) is 12.1 Å². The fourth-order valence-corrected chi connectivity index (χ4v) is 2.43. The second kappa shape index (κ2) is 10.2. The summed E-state index contributed by atoms with van der Waals surface area (Å²) in [4.78, 5) is 4.57. The van der Waals surface area contributed by atoms with Crippen LogP contribution in [0.5, 0.6) is 0 Å². The van der Waals surface area contributed by atoms with Crippen LogP contribution in [-0.2, 0) is 21.2 Å². The van der Waals surface area contributed by atoms with Crippen molar-refractivity contribution in [3.63, 3.8) is 0 Å². The molecule has 130 valence electrons. The molecule has 0 radical (unpaired) electrons. The minimum absolute atomic E-state index is 0.127. The molecule has 0 bridgehead atoms. The van der Waals surface area contributed by atoms with E-state index in [1.165, 1.54) is 12.1 Å². The van der Waals surface area contributed by atoms with Crippen molar-refractivity contribution >= 4 is 16.0 Å². The number of sulfonamides is 1. The number of methoxy groups -OCH3 is 1. The molecule has 0 heterocycles. The maximum Gasteiger partial charge on any atom is 0.238 e. The molecule has 0 saturated heterocycles. The second-order valence-electron chi connectivity index (χ2n) is 4.97. The normalized spacial score (nSPS) is 12.2. The first-order valence-corrected chi connectivity index (χ1v) is 9.15. The monoisotopic (exact) mass is 342 g/mol. The number of nitrogens with one attached hydrogen (secondary N) is 2. The van der Waals surface area contributed by atoms with E-state index in [0.29, 0.717) is 19.7 Å². The number of benzene rings is 1. The van der Waals surface area contributed by atoms with E-state index < -0.39 is 10.0 Å². The predicted molar refractivity (Wildman–Crippen MR) is 92.0 cm³/mol. The highest BCUT2D eigenvalue weighted by atomic mass is 32.2. The Labute approximate surface area is 138 Å². The number of hydrogen-bond acceptors (Lipinski definition) is 4. The number of primary sulfonamides is 1. The molecule has 7 nitrogen and oxygen atoms in total. The first-order valence-electron chi connectivity index (χ1n) is 7.60. The summed E-state index contributed by atoms with van der Waals surface area (Å²) >= 11 is 0. The standard InChI is InChI=1S/C15H26N4O3S/c1-3-17-15(18-10-4-12-22-2)19-11-9-13-5-7-14(8-6-13)23(16,20)21/h5-8H,3-4,9-12H2,1-2H3,(H2,16,20,21)(H2,17,18,19). The van der Waals surface area contributed by atoms with Gasteiger partial charge < -0.3 is 15.4 Å². The van der Waals surface area contributed by atoms with E-state index >= 15 is 0 Å². The number of aliphatic imine (C=N–C) groups is 1. The zero-order valence-corrected chi connectivity index (χ0v) is 14.5. The number of nitrogens with two attached hydrogens (primary N) is 1. The zero-order valence-electron chi connectivity index (χ0n) is 13.7. The highest BCUT2D eigenvalue weighted by Gasteiger charge is 2.06. The van der Waals surface area contributed by atoms with Crippen LogP contribution in [-0.4, -0.2) is 47.7 Å². The summed E-state index contributed by atoms with van der Waals surface area (Å²) in [6.45, 7) is 4.90. The number of hydrogen-bond donors (Lipinski definition) is 3. The SMILES string of the molecule is CCNC(=NCCCOC)NCCc1ccc(S(N)(=O)=O)cc1. The summed E-state index contributed by atoms with van der Waals surface area (Å²) in [5, 5.41) is 11.5. The second-order valence-corrected chi connectivity index (χ2v) is 6.53. The van der Waals surface area contributed by atoms with Gasteiger partial charge in [-0.3, -0.25) is 4.99 Å². The Balaban J connectivity index is 2.46. The van der Waals surface area contributed by atoms with Gasteiger partial charge in [0.1, 0.15) is 0 Å².